The topological polar surface area (TPSA) is 115 Å². The van der Waals surface area contributed by atoms with Crippen molar-refractivity contribution in [3.8, 4) is 17.1 Å². The van der Waals surface area contributed by atoms with Crippen molar-refractivity contribution < 1.29 is 19.5 Å². The summed E-state index contributed by atoms with van der Waals surface area (Å²) in [5, 5.41) is 18.0. The molecule has 0 amide bonds. The van der Waals surface area contributed by atoms with Crippen LogP contribution in [-0.2, 0) is 9.53 Å². The number of morpholine rings is 1. The van der Waals surface area contributed by atoms with Gasteiger partial charge in [0.25, 0.3) is 0 Å². The zero-order valence-corrected chi connectivity index (χ0v) is 17.2. The molecule has 3 aromatic rings. The van der Waals surface area contributed by atoms with Gasteiger partial charge in [-0.3, -0.25) is 0 Å². The minimum atomic E-state index is -0.431. The Morgan fingerprint density at radius 2 is 2.00 bits per heavy atom. The molecule has 0 saturated carbocycles. The average molecular weight is 412 g/mol. The van der Waals surface area contributed by atoms with Crippen LogP contribution < -0.4 is 9.74 Å². The Hall–Kier alpha value is -3.27. The molecule has 1 aromatic carbocycles. The molecule has 158 valence electrons. The van der Waals surface area contributed by atoms with Gasteiger partial charge in [-0.05, 0) is 27.6 Å². The number of aromatic hydroxyl groups is 1. The summed E-state index contributed by atoms with van der Waals surface area (Å²) >= 11 is 0. The molecule has 1 aliphatic rings. The SMILES string of the molecule is CC(C)(C)CC(=O)On1nnc2c(N3CCOCC3)nc(-c3cccc(O)c3)nc21. The lowest BCUT2D eigenvalue weighted by Gasteiger charge is -2.27. The fourth-order valence-electron chi connectivity index (χ4n) is 3.17. The number of carbonyl (C=O) groups excluding carboxylic acids is 1. The number of ether oxygens (including phenoxy) is 1. The van der Waals surface area contributed by atoms with Crippen LogP contribution in [-0.4, -0.2) is 62.5 Å². The molecule has 0 spiro atoms. The van der Waals surface area contributed by atoms with Crippen molar-refractivity contribution in [2.24, 2.45) is 5.41 Å². The highest BCUT2D eigenvalue weighted by Crippen LogP contribution is 2.28. The number of phenolic OH excluding ortho intramolecular Hbond substituents is 1. The first-order chi connectivity index (χ1) is 14.3. The van der Waals surface area contributed by atoms with Crippen LogP contribution in [0.25, 0.3) is 22.6 Å². The van der Waals surface area contributed by atoms with Crippen molar-refractivity contribution in [1.82, 2.24) is 25.1 Å². The van der Waals surface area contributed by atoms with E-state index in [2.05, 4.69) is 20.3 Å². The third-order valence-electron chi connectivity index (χ3n) is 4.53. The number of benzene rings is 1. The van der Waals surface area contributed by atoms with Crippen LogP contribution in [0.3, 0.4) is 0 Å². The van der Waals surface area contributed by atoms with Gasteiger partial charge in [0.2, 0.25) is 5.65 Å². The number of fused-ring (bicyclic) bond motifs is 1. The molecule has 0 atom stereocenters. The second-order valence-electron chi connectivity index (χ2n) is 8.36. The Morgan fingerprint density at radius 3 is 2.70 bits per heavy atom. The molecular formula is C20H24N6O4. The van der Waals surface area contributed by atoms with Gasteiger partial charge in [0.05, 0.1) is 19.6 Å². The smallest absolute Gasteiger partial charge is 0.335 e. The summed E-state index contributed by atoms with van der Waals surface area (Å²) in [4.78, 5) is 30.1. The lowest BCUT2D eigenvalue weighted by Crippen LogP contribution is -2.37. The summed E-state index contributed by atoms with van der Waals surface area (Å²) in [5.74, 6) is 0.627. The third-order valence-corrected chi connectivity index (χ3v) is 4.53. The molecule has 0 radical (unpaired) electrons. The maximum atomic E-state index is 12.3. The summed E-state index contributed by atoms with van der Waals surface area (Å²) in [7, 11) is 0. The molecule has 0 unspecified atom stereocenters. The van der Waals surface area contributed by atoms with E-state index in [1.807, 2.05) is 25.7 Å². The van der Waals surface area contributed by atoms with Gasteiger partial charge in [-0.2, -0.15) is 0 Å². The molecule has 1 saturated heterocycles. The molecule has 4 rings (SSSR count). The third kappa shape index (κ3) is 4.33. The summed E-state index contributed by atoms with van der Waals surface area (Å²) in [5.41, 5.74) is 1.12. The van der Waals surface area contributed by atoms with E-state index in [4.69, 9.17) is 9.57 Å². The molecule has 30 heavy (non-hydrogen) atoms. The van der Waals surface area contributed by atoms with E-state index in [1.54, 1.807) is 24.3 Å². The highest BCUT2D eigenvalue weighted by Gasteiger charge is 2.24. The Kier molecular flexibility index (Phi) is 5.25. The molecule has 10 nitrogen and oxygen atoms in total. The van der Waals surface area contributed by atoms with E-state index in [9.17, 15) is 9.90 Å². The molecule has 0 bridgehead atoms. The van der Waals surface area contributed by atoms with E-state index >= 15 is 0 Å². The number of anilines is 1. The average Bonchev–Trinajstić information content (AvgIpc) is 3.09. The Bertz CT molecular complexity index is 1070. The largest absolute Gasteiger partial charge is 0.508 e. The van der Waals surface area contributed by atoms with Crippen LogP contribution in [0, 0.1) is 5.41 Å². The van der Waals surface area contributed by atoms with Crippen LogP contribution in [0.1, 0.15) is 27.2 Å². The summed E-state index contributed by atoms with van der Waals surface area (Å²) in [6, 6.07) is 6.66. The maximum Gasteiger partial charge on any atom is 0.335 e. The van der Waals surface area contributed by atoms with Crippen molar-refractivity contribution >= 4 is 23.0 Å². The highest BCUT2D eigenvalue weighted by molar-refractivity contribution is 5.85. The van der Waals surface area contributed by atoms with Gasteiger partial charge < -0.3 is 19.6 Å². The van der Waals surface area contributed by atoms with Gasteiger partial charge in [0.1, 0.15) is 5.75 Å². The van der Waals surface area contributed by atoms with E-state index in [0.29, 0.717) is 49.0 Å². The summed E-state index contributed by atoms with van der Waals surface area (Å²) in [6.45, 7) is 8.28. The second kappa shape index (κ2) is 7.86. The molecule has 10 heteroatoms. The standard InChI is InChI=1S/C20H24N6O4/c1-20(2,3)12-15(28)30-26-19-16(23-24-26)18(25-7-9-29-10-8-25)21-17(22-19)13-5-4-6-14(27)11-13/h4-6,11,27H,7-10,12H2,1-3H3. The van der Waals surface area contributed by atoms with E-state index in [-0.39, 0.29) is 23.2 Å². The quantitative estimate of drug-likeness (QED) is 0.641. The van der Waals surface area contributed by atoms with Gasteiger partial charge in [0.15, 0.2) is 17.2 Å². The van der Waals surface area contributed by atoms with Gasteiger partial charge in [-0.1, -0.05) is 32.9 Å². The fourth-order valence-corrected chi connectivity index (χ4v) is 3.17. The van der Waals surface area contributed by atoms with Crippen molar-refractivity contribution in [2.75, 3.05) is 31.2 Å². The monoisotopic (exact) mass is 412 g/mol. The fraction of sp³-hybridized carbons (Fsp3) is 0.450. The van der Waals surface area contributed by atoms with Gasteiger partial charge in [0, 0.05) is 18.7 Å². The summed E-state index contributed by atoms with van der Waals surface area (Å²) < 4.78 is 5.44. The Balaban J connectivity index is 1.79. The van der Waals surface area contributed by atoms with Crippen molar-refractivity contribution in [1.29, 1.82) is 0 Å². The number of aromatic nitrogens is 5. The number of hydrogen-bond acceptors (Lipinski definition) is 9. The number of nitrogens with zero attached hydrogens (tertiary/aromatic N) is 6. The van der Waals surface area contributed by atoms with E-state index < -0.39 is 5.97 Å². The van der Waals surface area contributed by atoms with Crippen molar-refractivity contribution in [3.63, 3.8) is 0 Å². The first-order valence-electron chi connectivity index (χ1n) is 9.77. The number of rotatable bonds is 4. The predicted molar refractivity (Wildman–Crippen MR) is 109 cm³/mol. The van der Waals surface area contributed by atoms with E-state index in [1.165, 1.54) is 0 Å². The second-order valence-corrected chi connectivity index (χ2v) is 8.36. The zero-order chi connectivity index (χ0) is 21.3. The Morgan fingerprint density at radius 1 is 1.23 bits per heavy atom. The van der Waals surface area contributed by atoms with Crippen molar-refractivity contribution in [3.05, 3.63) is 24.3 Å². The molecule has 2 aromatic heterocycles. The molecule has 1 fully saturated rings. The molecule has 0 aliphatic carbocycles. The van der Waals surface area contributed by atoms with Gasteiger partial charge in [-0.25, -0.2) is 14.8 Å². The number of hydrogen-bond donors (Lipinski definition) is 1. The number of carbonyl (C=O) groups is 1. The normalized spacial score (nSPS) is 14.8. The molecular weight excluding hydrogens is 388 g/mol. The van der Waals surface area contributed by atoms with Crippen LogP contribution in [0.4, 0.5) is 5.82 Å². The van der Waals surface area contributed by atoms with Crippen LogP contribution in [0.15, 0.2) is 24.3 Å². The molecule has 1 N–H and O–H groups in total. The van der Waals surface area contributed by atoms with Gasteiger partial charge >= 0.3 is 5.97 Å². The van der Waals surface area contributed by atoms with Gasteiger partial charge in [-0.15, -0.1) is 5.10 Å². The van der Waals surface area contributed by atoms with Crippen molar-refractivity contribution in [2.45, 2.75) is 27.2 Å². The summed E-state index contributed by atoms with van der Waals surface area (Å²) in [6.07, 6.45) is 0.217. The lowest BCUT2D eigenvalue weighted by atomic mass is 9.93. The predicted octanol–water partition coefficient (Wildman–Crippen LogP) is 1.82. The van der Waals surface area contributed by atoms with Crippen LogP contribution in [0.5, 0.6) is 5.75 Å². The zero-order valence-electron chi connectivity index (χ0n) is 17.2. The maximum absolute atomic E-state index is 12.3. The Labute approximate surface area is 173 Å². The van der Waals surface area contributed by atoms with Crippen LogP contribution in [0.2, 0.25) is 0 Å². The minimum absolute atomic E-state index is 0.104. The first-order valence-corrected chi connectivity index (χ1v) is 9.77. The lowest BCUT2D eigenvalue weighted by molar-refractivity contribution is -0.147. The minimum Gasteiger partial charge on any atom is -0.508 e. The van der Waals surface area contributed by atoms with Crippen LogP contribution >= 0.6 is 0 Å². The molecule has 1 aliphatic heterocycles. The highest BCUT2D eigenvalue weighted by atomic mass is 16.7. The number of phenols is 1. The van der Waals surface area contributed by atoms with E-state index in [0.717, 1.165) is 4.85 Å². The first kappa shape index (κ1) is 20.0. The molecule has 3 heterocycles.